The summed E-state index contributed by atoms with van der Waals surface area (Å²) in [5.74, 6) is -1.84. The Balaban J connectivity index is 2.34. The lowest BCUT2D eigenvalue weighted by Gasteiger charge is -2.28. The van der Waals surface area contributed by atoms with Crippen LogP contribution >= 0.6 is 0 Å². The number of benzene rings is 2. The molecule has 0 bridgehead atoms. The van der Waals surface area contributed by atoms with Crippen molar-refractivity contribution < 1.29 is 27.1 Å². The van der Waals surface area contributed by atoms with Crippen LogP contribution in [0.2, 0.25) is 0 Å². The summed E-state index contributed by atoms with van der Waals surface area (Å²) >= 11 is 0. The number of anilines is 2. The largest absolute Gasteiger partial charge is 0.465 e. The van der Waals surface area contributed by atoms with Gasteiger partial charge < -0.3 is 10.1 Å². The van der Waals surface area contributed by atoms with Crippen molar-refractivity contribution in [3.05, 3.63) is 59.9 Å². The summed E-state index contributed by atoms with van der Waals surface area (Å²) in [7, 11) is -2.63. The number of carbonyl (C=O) groups excluding carboxylic acids is 2. The molecule has 0 radical (unpaired) electrons. The number of nitrogens with one attached hydrogen (secondary N) is 1. The maximum Gasteiger partial charge on any atom is 0.339 e. The van der Waals surface area contributed by atoms with Crippen LogP contribution in [0.3, 0.4) is 0 Å². The van der Waals surface area contributed by atoms with Gasteiger partial charge in [-0.25, -0.2) is 17.6 Å². The van der Waals surface area contributed by atoms with E-state index < -0.39 is 33.8 Å². The molecule has 0 saturated carbocycles. The number of methoxy groups -OCH3 is 1. The molecule has 1 amide bonds. The number of rotatable bonds is 6. The number of carbonyl (C=O) groups is 2. The number of amides is 1. The normalized spacial score (nSPS) is 12.1. The maximum atomic E-state index is 13.2. The quantitative estimate of drug-likeness (QED) is 0.760. The SMILES string of the molecule is COC(=O)c1ccccc1NC(=O)[C@@H](C)N(c1ccc(F)cc1)S(C)(=O)=O. The van der Waals surface area contributed by atoms with Crippen LogP contribution in [0.1, 0.15) is 17.3 Å². The Kier molecular flexibility index (Phi) is 6.17. The summed E-state index contributed by atoms with van der Waals surface area (Å²) in [6.07, 6.45) is 0.947. The van der Waals surface area contributed by atoms with Crippen molar-refractivity contribution in [3.63, 3.8) is 0 Å². The first-order valence-electron chi connectivity index (χ1n) is 7.88. The summed E-state index contributed by atoms with van der Waals surface area (Å²) in [6, 6.07) is 9.77. The van der Waals surface area contributed by atoms with E-state index in [1.54, 1.807) is 12.1 Å². The van der Waals surface area contributed by atoms with Crippen LogP contribution in [-0.4, -0.2) is 39.7 Å². The van der Waals surface area contributed by atoms with Gasteiger partial charge in [-0.15, -0.1) is 0 Å². The van der Waals surface area contributed by atoms with E-state index in [0.717, 1.165) is 22.7 Å². The molecule has 0 aliphatic rings. The molecule has 7 nitrogen and oxygen atoms in total. The number of sulfonamides is 1. The summed E-state index contributed by atoms with van der Waals surface area (Å²) in [5.41, 5.74) is 0.463. The average Bonchev–Trinajstić information content (AvgIpc) is 2.62. The number of ether oxygens (including phenoxy) is 1. The second-order valence-corrected chi connectivity index (χ2v) is 7.60. The molecular formula is C18H19FN2O5S. The van der Waals surface area contributed by atoms with Gasteiger partial charge in [-0.1, -0.05) is 12.1 Å². The standard InChI is InChI=1S/C18H19FN2O5S/c1-12(21(27(3,24)25)14-10-8-13(19)9-11-14)17(22)20-16-7-5-4-6-15(16)18(23)26-2/h4-12H,1-3H3,(H,20,22)/t12-/m1/s1. The minimum absolute atomic E-state index is 0.133. The highest BCUT2D eigenvalue weighted by Crippen LogP contribution is 2.23. The molecule has 0 unspecified atom stereocenters. The average molecular weight is 394 g/mol. The molecule has 0 aliphatic heterocycles. The highest BCUT2D eigenvalue weighted by Gasteiger charge is 2.29. The lowest BCUT2D eigenvalue weighted by molar-refractivity contribution is -0.116. The van der Waals surface area contributed by atoms with Crippen molar-refractivity contribution in [2.24, 2.45) is 0 Å². The van der Waals surface area contributed by atoms with Crippen LogP contribution in [0.15, 0.2) is 48.5 Å². The van der Waals surface area contributed by atoms with Gasteiger partial charge in [0.2, 0.25) is 15.9 Å². The Hall–Kier alpha value is -2.94. The first kappa shape index (κ1) is 20.4. The van der Waals surface area contributed by atoms with Gasteiger partial charge in [0.25, 0.3) is 0 Å². The molecule has 0 spiro atoms. The minimum atomic E-state index is -3.84. The monoisotopic (exact) mass is 394 g/mol. The molecule has 2 rings (SSSR count). The summed E-state index contributed by atoms with van der Waals surface area (Å²) in [5, 5.41) is 2.54. The van der Waals surface area contributed by atoms with Gasteiger partial charge in [0.1, 0.15) is 11.9 Å². The molecule has 0 fully saturated rings. The van der Waals surface area contributed by atoms with Gasteiger partial charge in [0.15, 0.2) is 0 Å². The van der Waals surface area contributed by atoms with E-state index in [2.05, 4.69) is 10.1 Å². The number of para-hydroxylation sites is 1. The topological polar surface area (TPSA) is 92.8 Å². The van der Waals surface area contributed by atoms with E-state index in [-0.39, 0.29) is 16.9 Å². The van der Waals surface area contributed by atoms with Crippen LogP contribution in [0.25, 0.3) is 0 Å². The molecule has 2 aromatic carbocycles. The molecule has 9 heteroatoms. The second-order valence-electron chi connectivity index (χ2n) is 5.74. The highest BCUT2D eigenvalue weighted by atomic mass is 32.2. The maximum absolute atomic E-state index is 13.2. The van der Waals surface area contributed by atoms with Crippen molar-refractivity contribution in [1.82, 2.24) is 0 Å². The van der Waals surface area contributed by atoms with Gasteiger partial charge in [-0.2, -0.15) is 0 Å². The lowest BCUT2D eigenvalue weighted by Crippen LogP contribution is -2.45. The zero-order valence-electron chi connectivity index (χ0n) is 15.0. The Bertz CT molecular complexity index is 944. The molecule has 1 N–H and O–H groups in total. The number of halogens is 1. The van der Waals surface area contributed by atoms with Crippen LogP contribution in [-0.2, 0) is 19.6 Å². The van der Waals surface area contributed by atoms with E-state index in [9.17, 15) is 22.4 Å². The van der Waals surface area contributed by atoms with Gasteiger partial charge in [-0.3, -0.25) is 9.10 Å². The number of nitrogens with zero attached hydrogens (tertiary/aromatic N) is 1. The van der Waals surface area contributed by atoms with Crippen LogP contribution in [0.4, 0.5) is 15.8 Å². The molecule has 1 atom stereocenters. The third kappa shape index (κ3) is 4.82. The van der Waals surface area contributed by atoms with Crippen LogP contribution in [0, 0.1) is 5.82 Å². The van der Waals surface area contributed by atoms with E-state index in [0.29, 0.717) is 0 Å². The smallest absolute Gasteiger partial charge is 0.339 e. The highest BCUT2D eigenvalue weighted by molar-refractivity contribution is 7.92. The van der Waals surface area contributed by atoms with Gasteiger partial charge in [0, 0.05) is 0 Å². The lowest BCUT2D eigenvalue weighted by atomic mass is 10.1. The Labute approximate surface area is 156 Å². The van der Waals surface area contributed by atoms with E-state index >= 15 is 0 Å². The fourth-order valence-corrected chi connectivity index (χ4v) is 3.69. The molecular weight excluding hydrogens is 375 g/mol. The third-order valence-corrected chi connectivity index (χ3v) is 5.00. The summed E-state index contributed by atoms with van der Waals surface area (Å²) < 4.78 is 43.1. The first-order valence-corrected chi connectivity index (χ1v) is 9.73. The van der Waals surface area contributed by atoms with Gasteiger partial charge in [0.05, 0.1) is 30.3 Å². The molecule has 144 valence electrons. The predicted octanol–water partition coefficient (Wildman–Crippen LogP) is 2.41. The van der Waals surface area contributed by atoms with Crippen molar-refractivity contribution >= 4 is 33.3 Å². The number of hydrogen-bond acceptors (Lipinski definition) is 5. The van der Waals surface area contributed by atoms with Crippen LogP contribution < -0.4 is 9.62 Å². The van der Waals surface area contributed by atoms with Crippen molar-refractivity contribution in [2.75, 3.05) is 23.0 Å². The Morgan fingerprint density at radius 2 is 1.70 bits per heavy atom. The van der Waals surface area contributed by atoms with E-state index in [1.807, 2.05) is 0 Å². The van der Waals surface area contributed by atoms with Crippen molar-refractivity contribution in [1.29, 1.82) is 0 Å². The molecule has 0 aromatic heterocycles. The van der Waals surface area contributed by atoms with Crippen LogP contribution in [0.5, 0.6) is 0 Å². The second kappa shape index (κ2) is 8.17. The first-order chi connectivity index (χ1) is 12.6. The zero-order valence-corrected chi connectivity index (χ0v) is 15.8. The zero-order chi connectivity index (χ0) is 20.2. The van der Waals surface area contributed by atoms with Crippen molar-refractivity contribution in [2.45, 2.75) is 13.0 Å². The van der Waals surface area contributed by atoms with E-state index in [4.69, 9.17) is 0 Å². The minimum Gasteiger partial charge on any atom is -0.465 e. The van der Waals surface area contributed by atoms with E-state index in [1.165, 1.54) is 38.3 Å². The fraction of sp³-hybridized carbons (Fsp3) is 0.222. The van der Waals surface area contributed by atoms with Crippen molar-refractivity contribution in [3.8, 4) is 0 Å². The molecule has 0 aliphatic carbocycles. The molecule has 0 heterocycles. The third-order valence-electron chi connectivity index (χ3n) is 3.76. The van der Waals surface area contributed by atoms with Gasteiger partial charge >= 0.3 is 5.97 Å². The Morgan fingerprint density at radius 3 is 2.26 bits per heavy atom. The molecule has 2 aromatic rings. The molecule has 27 heavy (non-hydrogen) atoms. The summed E-state index contributed by atoms with van der Waals surface area (Å²) in [4.78, 5) is 24.5. The number of esters is 1. The van der Waals surface area contributed by atoms with Gasteiger partial charge in [-0.05, 0) is 43.3 Å². The fourth-order valence-electron chi connectivity index (χ4n) is 2.51. The number of hydrogen-bond donors (Lipinski definition) is 1. The Morgan fingerprint density at radius 1 is 1.11 bits per heavy atom. The summed E-state index contributed by atoms with van der Waals surface area (Å²) in [6.45, 7) is 1.39. The molecule has 0 saturated heterocycles. The predicted molar refractivity (Wildman–Crippen MR) is 99.6 cm³/mol.